The quantitative estimate of drug-likeness (QED) is 0.718. The topological polar surface area (TPSA) is 18.5 Å². The summed E-state index contributed by atoms with van der Waals surface area (Å²) >= 11 is 0. The summed E-state index contributed by atoms with van der Waals surface area (Å²) in [6, 6.07) is -5.29. The highest BCUT2D eigenvalue weighted by molar-refractivity contribution is 4.94. The first-order chi connectivity index (χ1) is 8.18. The fourth-order valence-electron chi connectivity index (χ4n) is 1.43. The van der Waals surface area contributed by atoms with E-state index in [0.29, 0.717) is 0 Å². The molecule has 1 rings (SSSR count). The van der Waals surface area contributed by atoms with Gasteiger partial charge in [0, 0.05) is 13.3 Å². The van der Waals surface area contributed by atoms with Crippen molar-refractivity contribution < 1.29 is 44.6 Å². The molecule has 0 bridgehead atoms. The van der Waals surface area contributed by atoms with Crippen molar-refractivity contribution in [2.45, 2.75) is 56.5 Å². The van der Waals surface area contributed by atoms with E-state index in [1.165, 1.54) is 0 Å². The Labute approximate surface area is 102 Å². The van der Waals surface area contributed by atoms with E-state index in [9.17, 15) is 35.1 Å². The van der Waals surface area contributed by atoms with E-state index in [4.69, 9.17) is 0 Å². The number of hydrogen-bond acceptors (Lipinski definition) is 2. The van der Waals surface area contributed by atoms with Crippen molar-refractivity contribution in [2.24, 2.45) is 0 Å². The van der Waals surface area contributed by atoms with Crippen molar-refractivity contribution in [3.05, 3.63) is 0 Å². The number of halogens is 8. The first-order valence-electron chi connectivity index (χ1n) is 5.10. The zero-order valence-corrected chi connectivity index (χ0v) is 9.75. The van der Waals surface area contributed by atoms with Crippen LogP contribution in [0.2, 0.25) is 0 Å². The van der Waals surface area contributed by atoms with E-state index in [0.717, 1.165) is 6.92 Å². The molecule has 1 saturated heterocycles. The Kier molecular flexibility index (Phi) is 3.61. The minimum absolute atomic E-state index is 0.148. The lowest BCUT2D eigenvalue weighted by atomic mass is 9.98. The largest absolute Gasteiger partial charge is 0.478 e. The average molecular weight is 302 g/mol. The van der Waals surface area contributed by atoms with Gasteiger partial charge in [-0.2, -0.15) is 17.6 Å². The minimum Gasteiger partial charge on any atom is -0.279 e. The van der Waals surface area contributed by atoms with Gasteiger partial charge in [0.15, 0.2) is 0 Å². The van der Waals surface area contributed by atoms with Crippen LogP contribution in [0.15, 0.2) is 0 Å². The van der Waals surface area contributed by atoms with Gasteiger partial charge < -0.3 is 0 Å². The van der Waals surface area contributed by atoms with E-state index in [1.807, 2.05) is 0 Å². The van der Waals surface area contributed by atoms with E-state index in [2.05, 4.69) is 9.47 Å². The van der Waals surface area contributed by atoms with Gasteiger partial charge in [0.1, 0.15) is 0 Å². The molecule has 0 aromatic rings. The highest BCUT2D eigenvalue weighted by Gasteiger charge is 2.74. The summed E-state index contributed by atoms with van der Waals surface area (Å²) < 4.78 is 110. The van der Waals surface area contributed by atoms with Gasteiger partial charge in [0.05, 0.1) is 6.42 Å². The van der Waals surface area contributed by atoms with Crippen LogP contribution in [0.1, 0.15) is 26.7 Å². The third-order valence-electron chi connectivity index (χ3n) is 2.62. The zero-order chi connectivity index (χ0) is 15.3. The van der Waals surface area contributed by atoms with E-state index < -0.39 is 42.7 Å². The highest BCUT2D eigenvalue weighted by atomic mass is 19.4. The lowest BCUT2D eigenvalue weighted by Gasteiger charge is -2.46. The smallest absolute Gasteiger partial charge is 0.279 e. The molecule has 0 amide bonds. The molecular formula is C9H10F8O2. The second-order valence-electron chi connectivity index (χ2n) is 4.27. The van der Waals surface area contributed by atoms with E-state index in [-0.39, 0.29) is 6.92 Å². The molecule has 1 aliphatic heterocycles. The molecule has 0 aromatic carbocycles. The van der Waals surface area contributed by atoms with Gasteiger partial charge in [-0.15, -0.1) is 0 Å². The van der Waals surface area contributed by atoms with Crippen LogP contribution in [0, 0.1) is 0 Å². The molecule has 0 aromatic heterocycles. The van der Waals surface area contributed by atoms with Crippen LogP contribution in [0.5, 0.6) is 0 Å². The van der Waals surface area contributed by atoms with Gasteiger partial charge in [-0.1, -0.05) is 6.92 Å². The van der Waals surface area contributed by atoms with Crippen LogP contribution in [0.3, 0.4) is 0 Å². The monoisotopic (exact) mass is 302 g/mol. The maximum absolute atomic E-state index is 13.8. The molecule has 0 radical (unpaired) electrons. The van der Waals surface area contributed by atoms with Crippen LogP contribution in [-0.4, -0.2) is 29.8 Å². The number of hydrogen-bond donors (Lipinski definition) is 0. The van der Waals surface area contributed by atoms with E-state index in [1.54, 1.807) is 0 Å². The predicted molar refractivity (Wildman–Crippen MR) is 45.3 cm³/mol. The van der Waals surface area contributed by atoms with Gasteiger partial charge in [-0.25, -0.2) is 17.6 Å². The van der Waals surface area contributed by atoms with Crippen LogP contribution < -0.4 is 0 Å². The van der Waals surface area contributed by atoms with E-state index >= 15 is 0 Å². The van der Waals surface area contributed by atoms with Crippen molar-refractivity contribution in [1.82, 2.24) is 0 Å². The average Bonchev–Trinajstić information content (AvgIpc) is 2.12. The minimum atomic E-state index is -6.04. The lowest BCUT2D eigenvalue weighted by Crippen LogP contribution is -2.65. The molecule has 1 aliphatic rings. The maximum atomic E-state index is 13.8. The Hall–Kier alpha value is -0.640. The summed E-state index contributed by atoms with van der Waals surface area (Å²) in [6.45, 7) is 0.738. The summed E-state index contributed by atoms with van der Waals surface area (Å²) in [5.74, 6) is -12.6. The van der Waals surface area contributed by atoms with Gasteiger partial charge in [-0.3, -0.25) is 9.47 Å². The summed E-state index contributed by atoms with van der Waals surface area (Å²) in [5.41, 5.74) is 0. The third-order valence-corrected chi connectivity index (χ3v) is 2.62. The molecule has 19 heavy (non-hydrogen) atoms. The Balaban J connectivity index is 3.28. The molecule has 0 saturated carbocycles. The van der Waals surface area contributed by atoms with Crippen molar-refractivity contribution in [2.75, 3.05) is 0 Å². The summed E-state index contributed by atoms with van der Waals surface area (Å²) in [7, 11) is 0. The normalized spacial score (nSPS) is 41.4. The van der Waals surface area contributed by atoms with Crippen LogP contribution in [-0.2, 0) is 9.47 Å². The van der Waals surface area contributed by atoms with Crippen LogP contribution in [0.25, 0.3) is 0 Å². The third kappa shape index (κ3) is 2.78. The zero-order valence-electron chi connectivity index (χ0n) is 9.75. The summed E-state index contributed by atoms with van der Waals surface area (Å²) in [6.07, 6.45) is -8.90. The molecule has 10 heteroatoms. The Bertz CT molecular complexity index is 323. The van der Waals surface area contributed by atoms with Crippen molar-refractivity contribution in [3.8, 4) is 0 Å². The summed E-state index contributed by atoms with van der Waals surface area (Å²) in [4.78, 5) is 0. The summed E-state index contributed by atoms with van der Waals surface area (Å²) in [5, 5.41) is 0. The Morgan fingerprint density at radius 3 is 1.79 bits per heavy atom. The second kappa shape index (κ2) is 4.18. The fourth-order valence-corrected chi connectivity index (χ4v) is 1.43. The van der Waals surface area contributed by atoms with Crippen molar-refractivity contribution in [1.29, 1.82) is 0 Å². The molecule has 0 aliphatic carbocycles. The van der Waals surface area contributed by atoms with Gasteiger partial charge in [0.2, 0.25) is 5.85 Å². The standard InChI is InChI=1S/C9H10F8O2/c1-3-6(12)4-7(13,5(2,10)11)19-9(17,18-6)8(14,15)16/h3-4H2,1-2H3. The molecule has 3 unspecified atom stereocenters. The number of ether oxygens (including phenoxy) is 2. The van der Waals surface area contributed by atoms with Crippen molar-refractivity contribution >= 4 is 0 Å². The first-order valence-corrected chi connectivity index (χ1v) is 5.10. The number of rotatable bonds is 2. The molecule has 1 fully saturated rings. The second-order valence-corrected chi connectivity index (χ2v) is 4.27. The molecule has 0 N–H and O–H groups in total. The molecule has 1 heterocycles. The Morgan fingerprint density at radius 2 is 1.47 bits per heavy atom. The van der Waals surface area contributed by atoms with Gasteiger partial charge in [0.25, 0.3) is 5.85 Å². The lowest BCUT2D eigenvalue weighted by molar-refractivity contribution is -0.553. The molecule has 2 nitrogen and oxygen atoms in total. The SMILES string of the molecule is CCC1(F)CC(F)(C(C)(F)F)OC(F)(C(F)(F)F)O1. The molecule has 3 atom stereocenters. The van der Waals surface area contributed by atoms with Crippen LogP contribution >= 0.6 is 0 Å². The Morgan fingerprint density at radius 1 is 1.00 bits per heavy atom. The van der Waals surface area contributed by atoms with Crippen LogP contribution in [0.4, 0.5) is 35.1 Å². The van der Waals surface area contributed by atoms with Gasteiger partial charge in [-0.05, 0) is 0 Å². The molecule has 114 valence electrons. The first kappa shape index (κ1) is 16.4. The van der Waals surface area contributed by atoms with Crippen molar-refractivity contribution in [3.63, 3.8) is 0 Å². The molecular weight excluding hydrogens is 292 g/mol. The molecule has 0 spiro atoms. The fraction of sp³-hybridized carbons (Fsp3) is 1.00. The number of alkyl halides is 8. The predicted octanol–water partition coefficient (Wildman–Crippen LogP) is 4.01. The highest BCUT2D eigenvalue weighted by Crippen LogP contribution is 2.54. The maximum Gasteiger partial charge on any atom is 0.478 e. The van der Waals surface area contributed by atoms with Gasteiger partial charge >= 0.3 is 18.1 Å².